The molecule has 10 heteroatoms. The van der Waals surface area contributed by atoms with Crippen molar-refractivity contribution in [3.8, 4) is 11.5 Å². The number of benzene rings is 3. The number of ether oxygens (including phenoxy) is 3. The number of carbonyl (C=O) groups excluding carboxylic acids is 1. The Morgan fingerprint density at radius 3 is 2.36 bits per heavy atom. The van der Waals surface area contributed by atoms with Crippen LogP contribution in [-0.2, 0) is 9.53 Å². The van der Waals surface area contributed by atoms with E-state index in [1.165, 1.54) is 11.3 Å². The first-order valence-electron chi connectivity index (χ1n) is 13.5. The van der Waals surface area contributed by atoms with Crippen LogP contribution in [0.5, 0.6) is 11.5 Å². The summed E-state index contributed by atoms with van der Waals surface area (Å²) in [7, 11) is 0. The maximum Gasteiger partial charge on any atom is 0.338 e. The topological polar surface area (TPSA) is 79.1 Å². The standard InChI is InChI=1S/C32H28BrClN2O5S/c1-4-39-24-18-25(40-5-2)23(33)16-21(24)17-26-30(37)36-29(20-12-14-22(34)15-13-20)27(31(38)41-6-3)28(35-32(36)42-26)19-10-8-7-9-11-19/h7-18,29H,4-6H2,1-3H3/b26-17-/t29-/m1/s1. The first kappa shape index (κ1) is 29.8. The number of carbonyl (C=O) groups is 1. The van der Waals surface area contributed by atoms with Gasteiger partial charge in [0.05, 0.1) is 46.1 Å². The normalized spacial score (nSPS) is 14.8. The molecule has 0 N–H and O–H groups in total. The van der Waals surface area contributed by atoms with Crippen molar-refractivity contribution in [3.63, 3.8) is 0 Å². The maximum absolute atomic E-state index is 14.2. The van der Waals surface area contributed by atoms with E-state index in [-0.39, 0.29) is 17.7 Å². The number of thiazole rings is 1. The average Bonchev–Trinajstić information content (AvgIpc) is 3.30. The van der Waals surface area contributed by atoms with Crippen molar-refractivity contribution in [1.82, 2.24) is 4.57 Å². The quantitative estimate of drug-likeness (QED) is 0.200. The second-order valence-electron chi connectivity index (χ2n) is 9.17. The van der Waals surface area contributed by atoms with Crippen LogP contribution < -0.4 is 24.4 Å². The largest absolute Gasteiger partial charge is 0.493 e. The van der Waals surface area contributed by atoms with Crippen molar-refractivity contribution < 1.29 is 19.0 Å². The third kappa shape index (κ3) is 5.95. The lowest BCUT2D eigenvalue weighted by Crippen LogP contribution is -2.40. The number of aromatic nitrogens is 1. The Balaban J connectivity index is 1.80. The first-order chi connectivity index (χ1) is 20.4. The predicted molar refractivity (Wildman–Crippen MR) is 169 cm³/mol. The van der Waals surface area contributed by atoms with Crippen LogP contribution in [0.1, 0.15) is 43.5 Å². The zero-order valence-electron chi connectivity index (χ0n) is 23.2. The van der Waals surface area contributed by atoms with Gasteiger partial charge in [0.1, 0.15) is 11.5 Å². The van der Waals surface area contributed by atoms with Crippen LogP contribution in [0.15, 0.2) is 86.6 Å². The Morgan fingerprint density at radius 2 is 1.69 bits per heavy atom. The van der Waals surface area contributed by atoms with Crippen LogP contribution in [0.25, 0.3) is 11.8 Å². The SMILES string of the molecule is CCOC(=O)C1=C(c2ccccc2)N=c2s/c(=C\c3cc(Br)c(OCC)cc3OCC)c(=O)n2[C@@H]1c1ccc(Cl)cc1. The summed E-state index contributed by atoms with van der Waals surface area (Å²) in [6, 6.07) is 19.4. The number of rotatable bonds is 9. The molecule has 0 spiro atoms. The minimum Gasteiger partial charge on any atom is -0.493 e. The minimum atomic E-state index is -0.784. The molecule has 3 aromatic carbocycles. The molecule has 42 heavy (non-hydrogen) atoms. The number of nitrogens with zero attached hydrogens (tertiary/aromatic N) is 2. The molecule has 2 heterocycles. The fourth-order valence-corrected chi connectivity index (χ4v) is 6.35. The Labute approximate surface area is 260 Å². The van der Waals surface area contributed by atoms with E-state index in [1.54, 1.807) is 29.7 Å². The molecule has 7 nitrogen and oxygen atoms in total. The van der Waals surface area contributed by atoms with E-state index in [4.69, 9.17) is 30.8 Å². The van der Waals surface area contributed by atoms with Crippen LogP contribution >= 0.6 is 38.9 Å². The van der Waals surface area contributed by atoms with Crippen LogP contribution in [0.2, 0.25) is 5.02 Å². The fraction of sp³-hybridized carbons (Fsp3) is 0.219. The zero-order chi connectivity index (χ0) is 29.8. The highest BCUT2D eigenvalue weighted by molar-refractivity contribution is 9.10. The summed E-state index contributed by atoms with van der Waals surface area (Å²) in [6.07, 6.45) is 1.78. The molecule has 5 rings (SSSR count). The molecule has 1 aromatic heterocycles. The van der Waals surface area contributed by atoms with E-state index >= 15 is 0 Å². The molecule has 0 bridgehead atoms. The lowest BCUT2D eigenvalue weighted by atomic mass is 9.93. The van der Waals surface area contributed by atoms with Crippen LogP contribution in [0.4, 0.5) is 0 Å². The number of esters is 1. The fourth-order valence-electron chi connectivity index (χ4n) is 4.75. The van der Waals surface area contributed by atoms with Gasteiger partial charge in [-0.25, -0.2) is 9.79 Å². The predicted octanol–water partition coefficient (Wildman–Crippen LogP) is 6.15. The minimum absolute atomic E-state index is 0.176. The van der Waals surface area contributed by atoms with Gasteiger partial charge in [-0.3, -0.25) is 9.36 Å². The van der Waals surface area contributed by atoms with E-state index in [0.717, 1.165) is 10.0 Å². The van der Waals surface area contributed by atoms with Gasteiger partial charge in [-0.15, -0.1) is 0 Å². The Hall–Kier alpha value is -3.66. The summed E-state index contributed by atoms with van der Waals surface area (Å²) < 4.78 is 19.9. The summed E-state index contributed by atoms with van der Waals surface area (Å²) in [5.41, 5.74) is 2.60. The number of hydrogen-bond acceptors (Lipinski definition) is 7. The molecule has 0 amide bonds. The summed E-state index contributed by atoms with van der Waals surface area (Å²) >= 11 is 11.0. The average molecular weight is 668 g/mol. The number of halogens is 2. The van der Waals surface area contributed by atoms with Gasteiger partial charge in [-0.1, -0.05) is 65.4 Å². The van der Waals surface area contributed by atoms with Crippen LogP contribution in [-0.4, -0.2) is 30.4 Å². The molecular weight excluding hydrogens is 640 g/mol. The molecule has 1 aliphatic rings. The number of hydrogen-bond donors (Lipinski definition) is 0. The molecule has 0 saturated carbocycles. The Kier molecular flexibility index (Phi) is 9.30. The van der Waals surface area contributed by atoms with Gasteiger partial charge >= 0.3 is 5.97 Å². The van der Waals surface area contributed by atoms with Gasteiger partial charge in [0.2, 0.25) is 0 Å². The lowest BCUT2D eigenvalue weighted by molar-refractivity contribution is -0.138. The molecule has 0 radical (unpaired) electrons. The molecule has 0 fully saturated rings. The van der Waals surface area contributed by atoms with Gasteiger partial charge in [-0.05, 0) is 66.5 Å². The molecule has 1 atom stereocenters. The highest BCUT2D eigenvalue weighted by Crippen LogP contribution is 2.36. The zero-order valence-corrected chi connectivity index (χ0v) is 26.4. The van der Waals surface area contributed by atoms with Gasteiger partial charge in [-0.2, -0.15) is 0 Å². The summed E-state index contributed by atoms with van der Waals surface area (Å²) in [6.45, 7) is 6.67. The Bertz CT molecular complexity index is 1830. The van der Waals surface area contributed by atoms with E-state index in [0.29, 0.717) is 55.9 Å². The lowest BCUT2D eigenvalue weighted by Gasteiger charge is -2.26. The number of fused-ring (bicyclic) bond motifs is 1. The van der Waals surface area contributed by atoms with Crippen LogP contribution in [0, 0.1) is 0 Å². The molecule has 1 aliphatic heterocycles. The van der Waals surface area contributed by atoms with Gasteiger partial charge < -0.3 is 14.2 Å². The molecule has 0 aliphatic carbocycles. The molecule has 216 valence electrons. The third-order valence-electron chi connectivity index (χ3n) is 6.51. The van der Waals surface area contributed by atoms with E-state index in [2.05, 4.69) is 15.9 Å². The molecule has 0 saturated heterocycles. The van der Waals surface area contributed by atoms with Crippen molar-refractivity contribution in [2.75, 3.05) is 19.8 Å². The smallest absolute Gasteiger partial charge is 0.338 e. The van der Waals surface area contributed by atoms with Crippen molar-refractivity contribution in [2.45, 2.75) is 26.8 Å². The second-order valence-corrected chi connectivity index (χ2v) is 11.5. The van der Waals surface area contributed by atoms with E-state index in [1.807, 2.05) is 68.4 Å². The van der Waals surface area contributed by atoms with Gasteiger partial charge in [0, 0.05) is 22.2 Å². The highest BCUT2D eigenvalue weighted by Gasteiger charge is 2.35. The Morgan fingerprint density at radius 1 is 1.00 bits per heavy atom. The summed E-state index contributed by atoms with van der Waals surface area (Å²) in [4.78, 5) is 33.1. The van der Waals surface area contributed by atoms with E-state index < -0.39 is 12.0 Å². The van der Waals surface area contributed by atoms with Crippen molar-refractivity contribution >= 4 is 56.6 Å². The van der Waals surface area contributed by atoms with Crippen LogP contribution in [0.3, 0.4) is 0 Å². The van der Waals surface area contributed by atoms with Crippen molar-refractivity contribution in [2.24, 2.45) is 4.99 Å². The van der Waals surface area contributed by atoms with Crippen molar-refractivity contribution in [1.29, 1.82) is 0 Å². The third-order valence-corrected chi connectivity index (χ3v) is 8.36. The second kappa shape index (κ2) is 13.1. The van der Waals surface area contributed by atoms with Gasteiger partial charge in [0.25, 0.3) is 5.56 Å². The summed E-state index contributed by atoms with van der Waals surface area (Å²) in [5.74, 6) is 0.693. The maximum atomic E-state index is 14.2. The first-order valence-corrected chi connectivity index (χ1v) is 15.5. The summed E-state index contributed by atoms with van der Waals surface area (Å²) in [5, 5.41) is 0.542. The molecule has 4 aromatic rings. The van der Waals surface area contributed by atoms with E-state index in [9.17, 15) is 9.59 Å². The molecule has 0 unspecified atom stereocenters. The van der Waals surface area contributed by atoms with Gasteiger partial charge in [0.15, 0.2) is 4.80 Å². The highest BCUT2D eigenvalue weighted by atomic mass is 79.9. The molecular formula is C32H28BrClN2O5S. The van der Waals surface area contributed by atoms with Crippen molar-refractivity contribution in [3.05, 3.63) is 118 Å². The monoisotopic (exact) mass is 666 g/mol.